The van der Waals surface area contributed by atoms with E-state index in [4.69, 9.17) is 4.98 Å². The number of fused-ring (bicyclic) bond motifs is 10. The van der Waals surface area contributed by atoms with Gasteiger partial charge < -0.3 is 4.57 Å². The molecule has 250 valence electrons. The molecule has 0 spiro atoms. The van der Waals surface area contributed by atoms with Crippen molar-refractivity contribution in [2.45, 2.75) is 19.3 Å². The molecule has 0 saturated heterocycles. The molecule has 0 radical (unpaired) electrons. The first-order valence-corrected chi connectivity index (χ1v) is 19.1. The van der Waals surface area contributed by atoms with E-state index in [2.05, 4.69) is 188 Å². The highest BCUT2D eigenvalue weighted by molar-refractivity contribution is 7.25. The highest BCUT2D eigenvalue weighted by Crippen LogP contribution is 2.53. The number of benzene rings is 7. The average Bonchev–Trinajstić information content (AvgIpc) is 3.83. The molecule has 0 amide bonds. The Morgan fingerprint density at radius 3 is 2.08 bits per heavy atom. The highest BCUT2D eigenvalue weighted by atomic mass is 32.1. The third-order valence-electron chi connectivity index (χ3n) is 11.4. The zero-order valence-corrected chi connectivity index (χ0v) is 30.3. The molecule has 53 heavy (non-hydrogen) atoms. The summed E-state index contributed by atoms with van der Waals surface area (Å²) < 4.78 is 5.07. The number of para-hydroxylation sites is 1. The standard InChI is InChI=1S/C50H34N2S/c1-50(2)41-20-9-6-17-36(41)39-25-26-45-48(49(39)50)40-19-7-10-21-44(40)52(45)35-16-12-15-33(27-35)43-29-34(28-42(51-43)31-13-4-3-5-14-31)32-23-24-38-37-18-8-11-22-46(37)53-47(38)30-32/h3-30H,1-2H3. The molecule has 7 aromatic carbocycles. The van der Waals surface area contributed by atoms with Crippen molar-refractivity contribution in [1.29, 1.82) is 0 Å². The molecule has 0 bridgehead atoms. The van der Waals surface area contributed by atoms with Crippen LogP contribution in [0.5, 0.6) is 0 Å². The van der Waals surface area contributed by atoms with Crippen LogP contribution in [0, 0.1) is 0 Å². The number of aromatic nitrogens is 2. The van der Waals surface area contributed by atoms with E-state index in [1.54, 1.807) is 0 Å². The van der Waals surface area contributed by atoms with Crippen molar-refractivity contribution in [3.8, 4) is 50.5 Å². The quantitative estimate of drug-likeness (QED) is 0.179. The second-order valence-electron chi connectivity index (χ2n) is 14.8. The minimum atomic E-state index is -0.112. The summed E-state index contributed by atoms with van der Waals surface area (Å²) in [5.74, 6) is 0. The first kappa shape index (κ1) is 30.3. The smallest absolute Gasteiger partial charge is 0.0716 e. The van der Waals surface area contributed by atoms with Crippen molar-refractivity contribution in [2.24, 2.45) is 0 Å². The summed E-state index contributed by atoms with van der Waals surface area (Å²) >= 11 is 1.86. The zero-order valence-electron chi connectivity index (χ0n) is 29.5. The normalized spacial score (nSPS) is 13.2. The predicted octanol–water partition coefficient (Wildman–Crippen LogP) is 13.9. The van der Waals surface area contributed by atoms with Crippen LogP contribution in [0.4, 0.5) is 0 Å². The Morgan fingerprint density at radius 2 is 1.19 bits per heavy atom. The van der Waals surface area contributed by atoms with Crippen molar-refractivity contribution >= 4 is 53.3 Å². The van der Waals surface area contributed by atoms with Gasteiger partial charge in [0.2, 0.25) is 0 Å². The Balaban J connectivity index is 1.10. The van der Waals surface area contributed by atoms with Crippen LogP contribution in [0.2, 0.25) is 0 Å². The third kappa shape index (κ3) is 4.54. The van der Waals surface area contributed by atoms with E-state index in [9.17, 15) is 0 Å². The average molecular weight is 695 g/mol. The lowest BCUT2D eigenvalue weighted by Gasteiger charge is -2.22. The van der Waals surface area contributed by atoms with Gasteiger partial charge in [-0.1, -0.05) is 135 Å². The number of rotatable bonds is 4. The van der Waals surface area contributed by atoms with Gasteiger partial charge in [-0.3, -0.25) is 0 Å². The van der Waals surface area contributed by atoms with Crippen LogP contribution in [-0.2, 0) is 5.41 Å². The molecule has 3 aromatic heterocycles. The Kier molecular flexibility index (Phi) is 6.50. The fourth-order valence-corrected chi connectivity index (χ4v) is 10.1. The van der Waals surface area contributed by atoms with Crippen LogP contribution in [0.15, 0.2) is 170 Å². The van der Waals surface area contributed by atoms with Gasteiger partial charge in [0.05, 0.1) is 22.4 Å². The van der Waals surface area contributed by atoms with Gasteiger partial charge in [-0.25, -0.2) is 4.98 Å². The van der Waals surface area contributed by atoms with Crippen LogP contribution in [0.25, 0.3) is 92.4 Å². The molecule has 0 aliphatic heterocycles. The summed E-state index contributed by atoms with van der Waals surface area (Å²) in [6, 6.07) is 62.0. The molecule has 0 unspecified atom stereocenters. The Bertz CT molecular complexity index is 3090. The number of pyridine rings is 1. The molecule has 0 saturated carbocycles. The first-order valence-electron chi connectivity index (χ1n) is 18.3. The molecule has 0 atom stereocenters. The van der Waals surface area contributed by atoms with Gasteiger partial charge in [0.15, 0.2) is 0 Å². The first-order chi connectivity index (χ1) is 26.0. The van der Waals surface area contributed by atoms with Crippen LogP contribution < -0.4 is 0 Å². The van der Waals surface area contributed by atoms with Crippen molar-refractivity contribution in [2.75, 3.05) is 0 Å². The number of hydrogen-bond donors (Lipinski definition) is 0. The topological polar surface area (TPSA) is 17.8 Å². The maximum absolute atomic E-state index is 5.33. The molecule has 10 aromatic rings. The summed E-state index contributed by atoms with van der Waals surface area (Å²) in [6.07, 6.45) is 0. The Morgan fingerprint density at radius 1 is 0.472 bits per heavy atom. The van der Waals surface area contributed by atoms with E-state index in [0.29, 0.717) is 0 Å². The monoisotopic (exact) mass is 694 g/mol. The van der Waals surface area contributed by atoms with Crippen LogP contribution in [0.1, 0.15) is 25.0 Å². The van der Waals surface area contributed by atoms with E-state index in [1.807, 2.05) is 11.3 Å². The lowest BCUT2D eigenvalue weighted by Crippen LogP contribution is -2.15. The van der Waals surface area contributed by atoms with E-state index in [0.717, 1.165) is 33.8 Å². The summed E-state index contributed by atoms with van der Waals surface area (Å²) in [6.45, 7) is 4.76. The van der Waals surface area contributed by atoms with Crippen molar-refractivity contribution in [3.05, 3.63) is 181 Å². The SMILES string of the molecule is CC1(C)c2ccccc2-c2ccc3c(c21)c1ccccc1n3-c1cccc(-c2cc(-c3ccc4c(c3)sc3ccccc34)cc(-c3ccccc3)n2)c1. The lowest BCUT2D eigenvalue weighted by molar-refractivity contribution is 0.666. The summed E-state index contributed by atoms with van der Waals surface area (Å²) in [4.78, 5) is 5.33. The molecule has 2 nitrogen and oxygen atoms in total. The maximum Gasteiger partial charge on any atom is 0.0716 e. The third-order valence-corrected chi connectivity index (χ3v) is 12.5. The van der Waals surface area contributed by atoms with E-state index in [1.165, 1.54) is 69.8 Å². The van der Waals surface area contributed by atoms with Crippen molar-refractivity contribution < 1.29 is 0 Å². The largest absolute Gasteiger partial charge is 0.309 e. The van der Waals surface area contributed by atoms with Gasteiger partial charge in [-0.05, 0) is 81.9 Å². The van der Waals surface area contributed by atoms with Gasteiger partial charge in [-0.2, -0.15) is 0 Å². The molecule has 3 heterocycles. The van der Waals surface area contributed by atoms with Gasteiger partial charge in [0, 0.05) is 53.2 Å². The second kappa shape index (κ2) is 11.4. The molecule has 3 heteroatoms. The number of hydrogen-bond acceptors (Lipinski definition) is 2. The summed E-state index contributed by atoms with van der Waals surface area (Å²) in [5.41, 5.74) is 15.4. The van der Waals surface area contributed by atoms with E-state index >= 15 is 0 Å². The number of thiophene rings is 1. The van der Waals surface area contributed by atoms with Crippen LogP contribution >= 0.6 is 11.3 Å². The van der Waals surface area contributed by atoms with Crippen LogP contribution in [-0.4, -0.2) is 9.55 Å². The lowest BCUT2D eigenvalue weighted by atomic mass is 9.80. The molecule has 0 fully saturated rings. The Hall–Kier alpha value is -6.29. The molecular weight excluding hydrogens is 661 g/mol. The minimum Gasteiger partial charge on any atom is -0.309 e. The summed E-state index contributed by atoms with van der Waals surface area (Å²) in [7, 11) is 0. The van der Waals surface area contributed by atoms with Crippen molar-refractivity contribution in [1.82, 2.24) is 9.55 Å². The Labute approximate surface area is 312 Å². The second-order valence-corrected chi connectivity index (χ2v) is 15.8. The minimum absolute atomic E-state index is 0.112. The van der Waals surface area contributed by atoms with E-state index in [-0.39, 0.29) is 5.41 Å². The van der Waals surface area contributed by atoms with Gasteiger partial charge in [0.25, 0.3) is 0 Å². The molecule has 1 aliphatic rings. The molecular formula is C50H34N2S. The van der Waals surface area contributed by atoms with Gasteiger partial charge in [-0.15, -0.1) is 11.3 Å². The molecule has 1 aliphatic carbocycles. The zero-order chi connectivity index (χ0) is 35.3. The predicted molar refractivity (Wildman–Crippen MR) is 225 cm³/mol. The number of nitrogens with zero attached hydrogens (tertiary/aromatic N) is 2. The molecule has 11 rings (SSSR count). The van der Waals surface area contributed by atoms with Crippen LogP contribution in [0.3, 0.4) is 0 Å². The fourth-order valence-electron chi connectivity index (χ4n) is 8.92. The fraction of sp³-hybridized carbons (Fsp3) is 0.0600. The highest BCUT2D eigenvalue weighted by Gasteiger charge is 2.38. The van der Waals surface area contributed by atoms with Crippen molar-refractivity contribution in [3.63, 3.8) is 0 Å². The summed E-state index contributed by atoms with van der Waals surface area (Å²) in [5, 5.41) is 5.25. The van der Waals surface area contributed by atoms with Gasteiger partial charge in [0.1, 0.15) is 0 Å². The van der Waals surface area contributed by atoms with E-state index < -0.39 is 0 Å². The maximum atomic E-state index is 5.33. The molecule has 0 N–H and O–H groups in total. The van der Waals surface area contributed by atoms with Gasteiger partial charge >= 0.3 is 0 Å².